The van der Waals surface area contributed by atoms with Gasteiger partial charge < -0.3 is 4.74 Å². The summed E-state index contributed by atoms with van der Waals surface area (Å²) >= 11 is 0. The van der Waals surface area contributed by atoms with E-state index < -0.39 is 0 Å². The van der Waals surface area contributed by atoms with E-state index in [1.165, 1.54) is 0 Å². The second kappa shape index (κ2) is 4.60. The molecular formula is C13H13O2+. The van der Waals surface area contributed by atoms with Crippen LogP contribution in [0.4, 0.5) is 0 Å². The van der Waals surface area contributed by atoms with Crippen LogP contribution in [0.15, 0.2) is 48.3 Å². The highest BCUT2D eigenvalue weighted by atomic mass is 16.5. The molecule has 2 nitrogen and oxygen atoms in total. The molecule has 76 valence electrons. The molecule has 0 aliphatic heterocycles. The maximum atomic E-state index is 8.86. The highest BCUT2D eigenvalue weighted by Crippen LogP contribution is 2.19. The molecule has 1 aliphatic carbocycles. The normalized spacial score (nSPS) is 14.5. The van der Waals surface area contributed by atoms with E-state index in [2.05, 4.69) is 6.08 Å². The Kier molecular flexibility index (Phi) is 2.98. The predicted octanol–water partition coefficient (Wildman–Crippen LogP) is 2.82. The van der Waals surface area contributed by atoms with Crippen molar-refractivity contribution < 1.29 is 9.53 Å². The van der Waals surface area contributed by atoms with Crippen LogP contribution in [0.25, 0.3) is 0 Å². The minimum atomic E-state index is 0.749. The minimum absolute atomic E-state index is 0.749. The molecule has 0 fully saturated rings. The Morgan fingerprint density at radius 1 is 1.33 bits per heavy atom. The van der Waals surface area contributed by atoms with Crippen molar-refractivity contribution in [1.82, 2.24) is 0 Å². The zero-order valence-electron chi connectivity index (χ0n) is 8.39. The quantitative estimate of drug-likeness (QED) is 0.546. The molecule has 0 radical (unpaired) electrons. The molecule has 0 amide bonds. The topological polar surface area (TPSA) is 30.6 Å². The fourth-order valence-corrected chi connectivity index (χ4v) is 1.48. The van der Waals surface area contributed by atoms with E-state index in [1.54, 1.807) is 6.07 Å². The van der Waals surface area contributed by atoms with Gasteiger partial charge in [-0.25, -0.2) is 0 Å². The van der Waals surface area contributed by atoms with Crippen LogP contribution in [0.5, 0.6) is 5.75 Å². The Hall–Kier alpha value is -1.83. The van der Waals surface area contributed by atoms with Crippen molar-refractivity contribution in [3.63, 3.8) is 0 Å². The summed E-state index contributed by atoms with van der Waals surface area (Å²) in [5, 5.41) is 0. The summed E-state index contributed by atoms with van der Waals surface area (Å²) in [6.07, 6.45) is 9.12. The van der Waals surface area contributed by atoms with E-state index in [4.69, 9.17) is 9.53 Å². The van der Waals surface area contributed by atoms with E-state index in [9.17, 15) is 0 Å². The van der Waals surface area contributed by atoms with Crippen molar-refractivity contribution >= 4 is 6.29 Å². The number of aldehydes is 1. The molecule has 15 heavy (non-hydrogen) atoms. The fraction of sp³-hybridized carbons (Fsp3) is 0.154. The number of ether oxygens (including phenoxy) is 1. The molecule has 0 bridgehead atoms. The standard InChI is InChI=1S/C13H12O2/c14-10-11-5-4-8-13(9-11)15-12-6-2-1-3-7-12/h1-2,4-6,8-10H,3,7H2/p+1. The SMILES string of the molecule is [OH+]=Cc1cccc(OC2=CC=CCC2)c1. The van der Waals surface area contributed by atoms with Crippen LogP contribution in [0.2, 0.25) is 0 Å². The summed E-state index contributed by atoms with van der Waals surface area (Å²) in [7, 11) is 0. The van der Waals surface area contributed by atoms with Crippen LogP contribution in [-0.2, 0) is 0 Å². The number of benzene rings is 1. The van der Waals surface area contributed by atoms with Gasteiger partial charge in [-0.2, -0.15) is 0 Å². The zero-order chi connectivity index (χ0) is 10.5. The first kappa shape index (κ1) is 9.71. The van der Waals surface area contributed by atoms with Crippen LogP contribution in [-0.4, -0.2) is 11.1 Å². The molecule has 2 rings (SSSR count). The summed E-state index contributed by atoms with van der Waals surface area (Å²) in [4.78, 5) is 8.86. The molecule has 0 spiro atoms. The van der Waals surface area contributed by atoms with Gasteiger partial charge in [-0.05, 0) is 30.7 Å². The maximum absolute atomic E-state index is 8.86. The van der Waals surface area contributed by atoms with Gasteiger partial charge in [0.15, 0.2) is 0 Å². The third-order valence-electron chi connectivity index (χ3n) is 2.23. The summed E-state index contributed by atoms with van der Waals surface area (Å²) in [6, 6.07) is 7.37. The van der Waals surface area contributed by atoms with Gasteiger partial charge in [-0.3, -0.25) is 4.79 Å². The molecule has 1 N–H and O–H groups in total. The van der Waals surface area contributed by atoms with Gasteiger partial charge in [-0.15, -0.1) is 0 Å². The van der Waals surface area contributed by atoms with Crippen molar-refractivity contribution in [3.05, 3.63) is 53.8 Å². The highest BCUT2D eigenvalue weighted by Gasteiger charge is 2.03. The van der Waals surface area contributed by atoms with E-state index in [0.29, 0.717) is 0 Å². The predicted molar refractivity (Wildman–Crippen MR) is 60.6 cm³/mol. The monoisotopic (exact) mass is 201 g/mol. The molecule has 1 aromatic carbocycles. The van der Waals surface area contributed by atoms with Crippen LogP contribution in [0.3, 0.4) is 0 Å². The average molecular weight is 201 g/mol. The van der Waals surface area contributed by atoms with Crippen LogP contribution >= 0.6 is 0 Å². The van der Waals surface area contributed by atoms with E-state index in [-0.39, 0.29) is 0 Å². The first-order chi connectivity index (χ1) is 7.38. The van der Waals surface area contributed by atoms with Gasteiger partial charge in [0.2, 0.25) is 0 Å². The van der Waals surface area contributed by atoms with Crippen molar-refractivity contribution in [3.8, 4) is 5.75 Å². The fourth-order valence-electron chi connectivity index (χ4n) is 1.48. The molecule has 0 saturated carbocycles. The van der Waals surface area contributed by atoms with Crippen molar-refractivity contribution in [1.29, 1.82) is 0 Å². The smallest absolute Gasteiger partial charge is 0.312 e. The van der Waals surface area contributed by atoms with Gasteiger partial charge in [0.05, 0.1) is 5.56 Å². The van der Waals surface area contributed by atoms with Crippen LogP contribution < -0.4 is 4.74 Å². The number of hydrogen-bond acceptors (Lipinski definition) is 1. The highest BCUT2D eigenvalue weighted by molar-refractivity contribution is 5.76. The molecule has 0 aromatic heterocycles. The Bertz CT molecular complexity index is 416. The molecule has 0 saturated heterocycles. The minimum Gasteiger partial charge on any atom is -0.462 e. The van der Waals surface area contributed by atoms with E-state index >= 15 is 0 Å². The molecule has 0 heterocycles. The lowest BCUT2D eigenvalue weighted by molar-refractivity contribution is 0.402. The Morgan fingerprint density at radius 3 is 3.00 bits per heavy atom. The number of hydrogen-bond donors (Lipinski definition) is 0. The second-order valence-electron chi connectivity index (χ2n) is 3.40. The first-order valence-corrected chi connectivity index (χ1v) is 4.99. The summed E-state index contributed by atoms with van der Waals surface area (Å²) in [5.74, 6) is 1.73. The van der Waals surface area contributed by atoms with Crippen LogP contribution in [0.1, 0.15) is 18.4 Å². The van der Waals surface area contributed by atoms with Crippen LogP contribution in [0, 0.1) is 0 Å². The first-order valence-electron chi connectivity index (χ1n) is 4.99. The van der Waals surface area contributed by atoms with Crippen molar-refractivity contribution in [2.45, 2.75) is 12.8 Å². The summed E-state index contributed by atoms with van der Waals surface area (Å²) < 4.78 is 5.68. The molecule has 0 atom stereocenters. The van der Waals surface area contributed by atoms with Gasteiger partial charge in [-0.1, -0.05) is 18.2 Å². The third kappa shape index (κ3) is 2.56. The summed E-state index contributed by atoms with van der Waals surface area (Å²) in [6.45, 7) is 0. The number of carbonyl (C=O) groups excluding carboxylic acids is 1. The van der Waals surface area contributed by atoms with Gasteiger partial charge in [0.25, 0.3) is 0 Å². The van der Waals surface area contributed by atoms with Gasteiger partial charge >= 0.3 is 6.29 Å². The van der Waals surface area contributed by atoms with Crippen molar-refractivity contribution in [2.24, 2.45) is 0 Å². The third-order valence-corrected chi connectivity index (χ3v) is 2.23. The lowest BCUT2D eigenvalue weighted by atomic mass is 10.1. The Morgan fingerprint density at radius 2 is 2.27 bits per heavy atom. The molecule has 2 heteroatoms. The van der Waals surface area contributed by atoms with Crippen molar-refractivity contribution in [2.75, 3.05) is 0 Å². The maximum Gasteiger partial charge on any atom is 0.312 e. The molecule has 1 aliphatic rings. The molecular weight excluding hydrogens is 188 g/mol. The van der Waals surface area contributed by atoms with E-state index in [0.717, 1.165) is 36.2 Å². The Labute approximate surface area is 88.9 Å². The number of rotatable bonds is 3. The van der Waals surface area contributed by atoms with Gasteiger partial charge in [0, 0.05) is 6.42 Å². The molecule has 1 aromatic rings. The van der Waals surface area contributed by atoms with Gasteiger partial charge in [0.1, 0.15) is 11.5 Å². The Balaban J connectivity index is 2.13. The number of allylic oxidation sites excluding steroid dienone is 4. The average Bonchev–Trinajstić information content (AvgIpc) is 2.31. The largest absolute Gasteiger partial charge is 0.462 e. The summed E-state index contributed by atoms with van der Waals surface area (Å²) in [5.41, 5.74) is 0.749. The van der Waals surface area contributed by atoms with E-state index in [1.807, 2.05) is 30.4 Å². The second-order valence-corrected chi connectivity index (χ2v) is 3.40. The molecule has 0 unspecified atom stereocenters. The lowest BCUT2D eigenvalue weighted by Gasteiger charge is -2.10. The zero-order valence-corrected chi connectivity index (χ0v) is 8.39. The lowest BCUT2D eigenvalue weighted by Crippen LogP contribution is -1.97.